The lowest BCUT2D eigenvalue weighted by molar-refractivity contribution is 0.135. The van der Waals surface area contributed by atoms with Gasteiger partial charge in [-0.05, 0) is 36.4 Å². The number of hydrogen-bond donors (Lipinski definition) is 2. The van der Waals surface area contributed by atoms with Gasteiger partial charge in [-0.1, -0.05) is 36.4 Å². The first-order chi connectivity index (χ1) is 20.5. The minimum atomic E-state index is -2.80. The van der Waals surface area contributed by atoms with Crippen molar-refractivity contribution in [3.8, 4) is 28.9 Å². The molecule has 0 spiro atoms. The Kier molecular flexibility index (Phi) is 13.0. The smallest absolute Gasteiger partial charge is 0.412 e. The van der Waals surface area contributed by atoms with E-state index >= 15 is 0 Å². The number of aromatic nitrogens is 3. The molecule has 4 rings (SSSR count). The van der Waals surface area contributed by atoms with Crippen molar-refractivity contribution in [1.82, 2.24) is 15.0 Å². The van der Waals surface area contributed by atoms with Crippen molar-refractivity contribution in [2.75, 3.05) is 38.9 Å². The fourth-order valence-corrected chi connectivity index (χ4v) is 3.29. The minimum absolute atomic E-state index is 0.0644. The van der Waals surface area contributed by atoms with E-state index in [4.69, 9.17) is 28.8 Å². The number of rotatable bonds is 12. The largest absolute Gasteiger partial charge is 0.493 e. The van der Waals surface area contributed by atoms with Crippen LogP contribution in [0.3, 0.4) is 0 Å². The van der Waals surface area contributed by atoms with E-state index in [-0.39, 0.29) is 43.0 Å². The summed E-state index contributed by atoms with van der Waals surface area (Å²) in [4.78, 5) is 23.5. The lowest BCUT2D eigenvalue weighted by Crippen LogP contribution is -2.18. The second-order valence-corrected chi connectivity index (χ2v) is 8.22. The van der Waals surface area contributed by atoms with Crippen LogP contribution in [0.25, 0.3) is 0 Å². The van der Waals surface area contributed by atoms with E-state index in [1.807, 2.05) is 30.3 Å². The maximum Gasteiger partial charge on any atom is 0.412 e. The lowest BCUT2D eigenvalue weighted by Gasteiger charge is -2.14. The molecule has 0 saturated heterocycles. The van der Waals surface area contributed by atoms with Gasteiger partial charge in [-0.2, -0.15) is 13.4 Å². The molecule has 0 saturated carbocycles. The molecule has 1 amide bonds. The van der Waals surface area contributed by atoms with Gasteiger partial charge in [-0.15, -0.1) is 4.36 Å². The molecule has 2 N–H and O–H groups in total. The third-order valence-corrected chi connectivity index (χ3v) is 5.07. The number of amides is 1. The van der Waals surface area contributed by atoms with Crippen LogP contribution in [-0.2, 0) is 15.2 Å². The summed E-state index contributed by atoms with van der Waals surface area (Å²) in [7, 11) is -1.35. The molecule has 0 radical (unpaired) electrons. The van der Waals surface area contributed by atoms with Gasteiger partial charge in [0.2, 0.25) is 11.6 Å². The van der Waals surface area contributed by atoms with Crippen LogP contribution in [0, 0.1) is 0 Å². The SMILES string of the molecule is COc1ccccc1Oc1c(N=S(=O)=O)ncnc1OCCOC(=O)Nc1ccccn1.OCCOc1ccccc1. The van der Waals surface area contributed by atoms with E-state index in [1.165, 1.54) is 13.3 Å². The Hall–Kier alpha value is -5.28. The summed E-state index contributed by atoms with van der Waals surface area (Å²) in [5.74, 6) is 1.24. The highest BCUT2D eigenvalue weighted by Gasteiger charge is 2.18. The third-order valence-electron chi connectivity index (χ3n) is 4.75. The molecule has 2 aromatic heterocycles. The number of pyridine rings is 1. The van der Waals surface area contributed by atoms with Crippen molar-refractivity contribution in [3.05, 3.63) is 85.3 Å². The predicted molar refractivity (Wildman–Crippen MR) is 150 cm³/mol. The Bertz CT molecular complexity index is 1530. The highest BCUT2D eigenvalue weighted by atomic mass is 32.2. The molecule has 0 aliphatic heterocycles. The number of benzene rings is 2. The van der Waals surface area contributed by atoms with Crippen LogP contribution in [0.5, 0.6) is 28.9 Å². The molecule has 220 valence electrons. The van der Waals surface area contributed by atoms with E-state index in [0.717, 1.165) is 12.1 Å². The molecule has 14 nitrogen and oxygen atoms in total. The fraction of sp³-hybridized carbons (Fsp3) is 0.185. The van der Waals surface area contributed by atoms with E-state index in [2.05, 4.69) is 24.6 Å². The minimum Gasteiger partial charge on any atom is -0.493 e. The van der Waals surface area contributed by atoms with Crippen molar-refractivity contribution < 1.29 is 42.0 Å². The number of carbonyl (C=O) groups is 1. The van der Waals surface area contributed by atoms with Crippen molar-refractivity contribution in [1.29, 1.82) is 0 Å². The van der Waals surface area contributed by atoms with Crippen molar-refractivity contribution in [2.24, 2.45) is 4.36 Å². The van der Waals surface area contributed by atoms with Gasteiger partial charge in [0, 0.05) is 6.20 Å². The van der Waals surface area contributed by atoms with E-state index in [9.17, 15) is 13.2 Å². The van der Waals surface area contributed by atoms with Crippen LogP contribution >= 0.6 is 0 Å². The van der Waals surface area contributed by atoms with E-state index < -0.39 is 16.6 Å². The molecule has 0 fully saturated rings. The van der Waals surface area contributed by atoms with Crippen LogP contribution in [0.15, 0.2) is 89.7 Å². The summed E-state index contributed by atoms with van der Waals surface area (Å²) < 4.78 is 52.1. The Labute approximate surface area is 242 Å². The molecular weight excluding hydrogens is 570 g/mol. The number of nitrogens with zero attached hydrogens (tertiary/aromatic N) is 4. The third kappa shape index (κ3) is 10.7. The molecule has 0 unspecified atom stereocenters. The fourth-order valence-electron chi connectivity index (χ4n) is 3.02. The van der Waals surface area contributed by atoms with Crippen LogP contribution in [0.2, 0.25) is 0 Å². The molecule has 0 bridgehead atoms. The second kappa shape index (κ2) is 17.4. The first kappa shape index (κ1) is 31.3. The van der Waals surface area contributed by atoms with E-state index in [0.29, 0.717) is 18.2 Å². The topological polar surface area (TPSA) is 181 Å². The lowest BCUT2D eigenvalue weighted by atomic mass is 10.3. The number of aliphatic hydroxyl groups is 1. The Balaban J connectivity index is 0.000000408. The number of carbonyl (C=O) groups excluding carboxylic acids is 1. The van der Waals surface area contributed by atoms with E-state index in [1.54, 1.807) is 42.5 Å². The van der Waals surface area contributed by atoms with Crippen LogP contribution in [-0.4, -0.2) is 68.1 Å². The number of para-hydroxylation sites is 3. The number of aliphatic hydroxyl groups excluding tert-OH is 1. The quantitative estimate of drug-likeness (QED) is 0.224. The molecule has 0 aliphatic rings. The van der Waals surface area contributed by atoms with Crippen molar-refractivity contribution in [2.45, 2.75) is 0 Å². The monoisotopic (exact) mass is 597 g/mol. The highest BCUT2D eigenvalue weighted by Crippen LogP contribution is 2.40. The van der Waals surface area contributed by atoms with Gasteiger partial charge in [-0.25, -0.2) is 14.8 Å². The average Bonchev–Trinajstić information content (AvgIpc) is 3.01. The maximum atomic E-state index is 11.8. The Morgan fingerprint density at radius 2 is 1.62 bits per heavy atom. The average molecular weight is 598 g/mol. The molecule has 4 aromatic rings. The molecule has 2 heterocycles. The summed E-state index contributed by atoms with van der Waals surface area (Å²) in [6, 6.07) is 21.1. The molecular formula is C27H27N5O9S. The van der Waals surface area contributed by atoms with Crippen LogP contribution in [0.4, 0.5) is 16.4 Å². The van der Waals surface area contributed by atoms with Crippen LogP contribution in [0.1, 0.15) is 0 Å². The van der Waals surface area contributed by atoms with Gasteiger partial charge in [0.25, 0.3) is 5.88 Å². The molecule has 0 aliphatic carbocycles. The van der Waals surface area contributed by atoms with Crippen LogP contribution < -0.4 is 24.3 Å². The summed E-state index contributed by atoms with van der Waals surface area (Å²) in [6.45, 7) is 0.171. The van der Waals surface area contributed by atoms with Gasteiger partial charge in [-0.3, -0.25) is 5.32 Å². The van der Waals surface area contributed by atoms with Gasteiger partial charge in [0.15, 0.2) is 11.5 Å². The second-order valence-electron chi connectivity index (χ2n) is 7.60. The maximum absolute atomic E-state index is 11.8. The number of hydrogen-bond acceptors (Lipinski definition) is 13. The van der Waals surface area contributed by atoms with Crippen molar-refractivity contribution in [3.63, 3.8) is 0 Å². The number of anilines is 1. The molecule has 42 heavy (non-hydrogen) atoms. The van der Waals surface area contributed by atoms with Gasteiger partial charge >= 0.3 is 16.6 Å². The molecule has 2 aromatic carbocycles. The zero-order valence-electron chi connectivity index (χ0n) is 22.3. The summed E-state index contributed by atoms with van der Waals surface area (Å²) in [6.07, 6.45) is 1.86. The Morgan fingerprint density at radius 3 is 2.31 bits per heavy atom. The first-order valence-electron chi connectivity index (χ1n) is 12.2. The van der Waals surface area contributed by atoms with Gasteiger partial charge in [0.1, 0.15) is 37.7 Å². The normalized spacial score (nSPS) is 9.86. The molecule has 15 heteroatoms. The van der Waals surface area contributed by atoms with Gasteiger partial charge in [0.05, 0.1) is 13.7 Å². The standard InChI is InChI=1S/C19H17N5O7S.C8H10O2/c1-28-13-6-2-3-7-14(13)31-16-17(24-32(26)27)21-12-22-18(16)29-10-11-30-19(25)23-15-8-4-5-9-20-15;9-6-7-10-8-4-2-1-3-5-8/h2-9,12H,10-11H2,1H3,(H,20,23,25);1-5,9H,6-7H2. The zero-order valence-corrected chi connectivity index (χ0v) is 23.1. The number of nitrogens with one attached hydrogen (secondary N) is 1. The first-order valence-corrected chi connectivity index (χ1v) is 13.3. The number of ether oxygens (including phenoxy) is 5. The summed E-state index contributed by atoms with van der Waals surface area (Å²) in [5.41, 5.74) is 0. The Morgan fingerprint density at radius 1 is 0.881 bits per heavy atom. The predicted octanol–water partition coefficient (Wildman–Crippen LogP) is 4.05. The molecule has 0 atom stereocenters. The highest BCUT2D eigenvalue weighted by molar-refractivity contribution is 7.61. The van der Waals surface area contributed by atoms with Crippen molar-refractivity contribution >= 4 is 28.2 Å². The summed E-state index contributed by atoms with van der Waals surface area (Å²) in [5, 5.41) is 10.9. The summed E-state index contributed by atoms with van der Waals surface area (Å²) >= 11 is 0. The van der Waals surface area contributed by atoms with Gasteiger partial charge < -0.3 is 28.8 Å². The zero-order chi connectivity index (χ0) is 30.0. The number of methoxy groups -OCH3 is 1.